The average molecular weight is 275 g/mol. The first kappa shape index (κ1) is 12.5. The molecular formula is C11H15BrO3. The third-order valence-electron chi connectivity index (χ3n) is 2.05. The summed E-state index contributed by atoms with van der Waals surface area (Å²) in [5.41, 5.74) is 2.21. The van der Waals surface area contributed by atoms with Crippen molar-refractivity contribution in [3.63, 3.8) is 0 Å². The van der Waals surface area contributed by atoms with E-state index in [0.717, 1.165) is 21.3 Å². The summed E-state index contributed by atoms with van der Waals surface area (Å²) in [5.74, 6) is 0.758. The van der Waals surface area contributed by atoms with Gasteiger partial charge < -0.3 is 14.9 Å². The van der Waals surface area contributed by atoms with Crippen molar-refractivity contribution in [1.82, 2.24) is 0 Å². The molecule has 0 amide bonds. The molecule has 1 aromatic carbocycles. The van der Waals surface area contributed by atoms with E-state index in [2.05, 4.69) is 15.9 Å². The number of hydrogen-bond donors (Lipinski definition) is 2. The maximum Gasteiger partial charge on any atom is 0.154 e. The molecule has 0 saturated heterocycles. The molecule has 0 fully saturated rings. The van der Waals surface area contributed by atoms with E-state index in [-0.39, 0.29) is 6.42 Å². The number of rotatable bonds is 4. The van der Waals surface area contributed by atoms with Crippen molar-refractivity contribution >= 4 is 15.9 Å². The van der Waals surface area contributed by atoms with Crippen molar-refractivity contribution in [2.45, 2.75) is 26.6 Å². The Morgan fingerprint density at radius 1 is 1.27 bits per heavy atom. The second kappa shape index (κ2) is 5.49. The Kier molecular flexibility index (Phi) is 4.57. The van der Waals surface area contributed by atoms with Gasteiger partial charge in [-0.3, -0.25) is 0 Å². The molecule has 0 saturated carbocycles. The van der Waals surface area contributed by atoms with Gasteiger partial charge in [-0.2, -0.15) is 0 Å². The molecule has 84 valence electrons. The highest BCUT2D eigenvalue weighted by molar-refractivity contribution is 9.10. The first-order valence-corrected chi connectivity index (χ1v) is 5.55. The van der Waals surface area contributed by atoms with E-state index >= 15 is 0 Å². The summed E-state index contributed by atoms with van der Waals surface area (Å²) in [7, 11) is 0. The number of aliphatic hydroxyl groups is 2. The van der Waals surface area contributed by atoms with Crippen LogP contribution in [0.3, 0.4) is 0 Å². The number of aryl methyl sites for hydroxylation is 2. The molecule has 4 heteroatoms. The fourth-order valence-electron chi connectivity index (χ4n) is 1.27. The number of ether oxygens (including phenoxy) is 1. The van der Waals surface area contributed by atoms with Crippen molar-refractivity contribution in [2.24, 2.45) is 0 Å². The lowest BCUT2D eigenvalue weighted by atomic mass is 10.1. The lowest BCUT2D eigenvalue weighted by Gasteiger charge is -2.10. The first-order chi connectivity index (χ1) is 7.00. The topological polar surface area (TPSA) is 49.7 Å². The van der Waals surface area contributed by atoms with Gasteiger partial charge in [-0.05, 0) is 37.1 Å². The number of aliphatic hydroxyl groups excluding tert-OH is 1. The van der Waals surface area contributed by atoms with Gasteiger partial charge in [0.25, 0.3) is 0 Å². The van der Waals surface area contributed by atoms with Gasteiger partial charge in [0.15, 0.2) is 6.29 Å². The lowest BCUT2D eigenvalue weighted by Crippen LogP contribution is -2.10. The van der Waals surface area contributed by atoms with Crippen molar-refractivity contribution in [2.75, 3.05) is 6.61 Å². The molecule has 0 aromatic heterocycles. The highest BCUT2D eigenvalue weighted by Crippen LogP contribution is 2.26. The molecule has 3 nitrogen and oxygen atoms in total. The van der Waals surface area contributed by atoms with Gasteiger partial charge >= 0.3 is 0 Å². The Morgan fingerprint density at radius 3 is 2.27 bits per heavy atom. The smallest absolute Gasteiger partial charge is 0.154 e. The normalized spacial score (nSPS) is 10.8. The Morgan fingerprint density at radius 2 is 1.80 bits per heavy atom. The van der Waals surface area contributed by atoms with E-state index in [1.165, 1.54) is 0 Å². The minimum atomic E-state index is -1.30. The molecule has 0 aliphatic rings. The van der Waals surface area contributed by atoms with Crippen LogP contribution in [0.4, 0.5) is 0 Å². The number of halogens is 1. The quantitative estimate of drug-likeness (QED) is 0.828. The molecule has 0 spiro atoms. The van der Waals surface area contributed by atoms with E-state index in [1.54, 1.807) is 0 Å². The van der Waals surface area contributed by atoms with E-state index in [1.807, 2.05) is 26.0 Å². The molecule has 0 aliphatic heterocycles. The molecular weight excluding hydrogens is 260 g/mol. The van der Waals surface area contributed by atoms with Crippen molar-refractivity contribution in [3.8, 4) is 5.75 Å². The Bertz CT molecular complexity index is 314. The van der Waals surface area contributed by atoms with E-state index in [4.69, 9.17) is 14.9 Å². The van der Waals surface area contributed by atoms with Gasteiger partial charge in [-0.15, -0.1) is 0 Å². The third-order valence-corrected chi connectivity index (χ3v) is 3.31. The van der Waals surface area contributed by atoms with E-state index in [0.29, 0.717) is 6.61 Å². The van der Waals surface area contributed by atoms with Crippen LogP contribution in [-0.2, 0) is 0 Å². The average Bonchev–Trinajstić information content (AvgIpc) is 2.13. The van der Waals surface area contributed by atoms with E-state index in [9.17, 15) is 0 Å². The second-order valence-electron chi connectivity index (χ2n) is 3.49. The molecule has 0 heterocycles. The van der Waals surface area contributed by atoms with Gasteiger partial charge in [0.1, 0.15) is 5.75 Å². The summed E-state index contributed by atoms with van der Waals surface area (Å²) in [6.45, 7) is 4.29. The predicted octanol–water partition coefficient (Wildman–Crippen LogP) is 2.15. The van der Waals surface area contributed by atoms with Gasteiger partial charge in [0.2, 0.25) is 0 Å². The van der Waals surface area contributed by atoms with Crippen LogP contribution in [0.25, 0.3) is 0 Å². The Labute approximate surface area is 97.8 Å². The largest absolute Gasteiger partial charge is 0.493 e. The van der Waals surface area contributed by atoms with Crippen LogP contribution >= 0.6 is 15.9 Å². The molecule has 0 unspecified atom stereocenters. The van der Waals surface area contributed by atoms with Crippen LogP contribution in [0.15, 0.2) is 16.6 Å². The Hall–Kier alpha value is -0.580. The monoisotopic (exact) mass is 274 g/mol. The minimum absolute atomic E-state index is 0.216. The standard InChI is InChI=1S/C11H15BrO3/c1-7-5-9(6-8(2)11(7)12)15-4-3-10(13)14/h5-6,10,13-14H,3-4H2,1-2H3. The predicted molar refractivity (Wildman–Crippen MR) is 62.0 cm³/mol. The molecule has 1 aromatic rings. The van der Waals surface area contributed by atoms with Gasteiger partial charge in [-0.25, -0.2) is 0 Å². The zero-order valence-corrected chi connectivity index (χ0v) is 10.4. The zero-order valence-electron chi connectivity index (χ0n) is 8.83. The van der Waals surface area contributed by atoms with Crippen LogP contribution in [0.1, 0.15) is 17.5 Å². The summed E-state index contributed by atoms with van der Waals surface area (Å²) in [5, 5.41) is 17.3. The summed E-state index contributed by atoms with van der Waals surface area (Å²) < 4.78 is 6.47. The molecule has 0 aliphatic carbocycles. The molecule has 0 atom stereocenters. The van der Waals surface area contributed by atoms with Crippen molar-refractivity contribution in [1.29, 1.82) is 0 Å². The maximum absolute atomic E-state index is 8.65. The maximum atomic E-state index is 8.65. The summed E-state index contributed by atoms with van der Waals surface area (Å²) in [4.78, 5) is 0. The van der Waals surface area contributed by atoms with Crippen LogP contribution in [0.2, 0.25) is 0 Å². The van der Waals surface area contributed by atoms with E-state index < -0.39 is 6.29 Å². The van der Waals surface area contributed by atoms with Crippen LogP contribution in [-0.4, -0.2) is 23.1 Å². The van der Waals surface area contributed by atoms with Crippen LogP contribution in [0, 0.1) is 13.8 Å². The number of hydrogen-bond acceptors (Lipinski definition) is 3. The molecule has 2 N–H and O–H groups in total. The van der Waals surface area contributed by atoms with Gasteiger partial charge in [-0.1, -0.05) is 15.9 Å². The van der Waals surface area contributed by atoms with Crippen molar-refractivity contribution < 1.29 is 14.9 Å². The third kappa shape index (κ3) is 3.81. The minimum Gasteiger partial charge on any atom is -0.493 e. The Balaban J connectivity index is 2.63. The fraction of sp³-hybridized carbons (Fsp3) is 0.455. The van der Waals surface area contributed by atoms with Crippen LogP contribution in [0.5, 0.6) is 5.75 Å². The summed E-state index contributed by atoms with van der Waals surface area (Å²) in [6, 6.07) is 3.83. The lowest BCUT2D eigenvalue weighted by molar-refractivity contribution is -0.0519. The molecule has 1 rings (SSSR count). The SMILES string of the molecule is Cc1cc(OCCC(O)O)cc(C)c1Br. The zero-order chi connectivity index (χ0) is 11.4. The summed E-state index contributed by atoms with van der Waals surface area (Å²) in [6.07, 6.45) is -1.09. The van der Waals surface area contributed by atoms with Crippen molar-refractivity contribution in [3.05, 3.63) is 27.7 Å². The molecule has 15 heavy (non-hydrogen) atoms. The van der Waals surface area contributed by atoms with Crippen LogP contribution < -0.4 is 4.74 Å². The highest BCUT2D eigenvalue weighted by atomic mass is 79.9. The highest BCUT2D eigenvalue weighted by Gasteiger charge is 2.04. The number of benzene rings is 1. The first-order valence-electron chi connectivity index (χ1n) is 4.76. The van der Waals surface area contributed by atoms with Gasteiger partial charge in [0, 0.05) is 10.9 Å². The fourth-order valence-corrected chi connectivity index (χ4v) is 1.50. The summed E-state index contributed by atoms with van der Waals surface area (Å²) >= 11 is 3.47. The molecule has 0 radical (unpaired) electrons. The molecule has 0 bridgehead atoms. The second-order valence-corrected chi connectivity index (χ2v) is 4.28. The van der Waals surface area contributed by atoms with Gasteiger partial charge in [0.05, 0.1) is 6.61 Å².